The Bertz CT molecular complexity index is 1790. The van der Waals surface area contributed by atoms with E-state index in [9.17, 15) is 5.11 Å². The van der Waals surface area contributed by atoms with Gasteiger partial charge in [-0.1, -0.05) is 97.1 Å². The molecule has 0 saturated carbocycles. The average Bonchev–Trinajstić information content (AvgIpc) is 2.90. The lowest BCUT2D eigenvalue weighted by Gasteiger charge is -2.37. The predicted molar refractivity (Wildman–Crippen MR) is 160 cm³/mol. The Kier molecular flexibility index (Phi) is 5.60. The highest BCUT2D eigenvalue weighted by atomic mass is 16.5. The summed E-state index contributed by atoms with van der Waals surface area (Å²) in [6.07, 6.45) is 0. The Morgan fingerprint density at radius 2 is 1.24 bits per heavy atom. The van der Waals surface area contributed by atoms with Gasteiger partial charge in [0.1, 0.15) is 0 Å². The summed E-state index contributed by atoms with van der Waals surface area (Å²) in [7, 11) is 0.419. The molecular weight excluding hydrogens is 451 g/mol. The molecule has 0 amide bonds. The summed E-state index contributed by atoms with van der Waals surface area (Å²) < 4.78 is 6.38. The van der Waals surface area contributed by atoms with E-state index < -0.39 is 11.2 Å². The van der Waals surface area contributed by atoms with Gasteiger partial charge in [-0.05, 0) is 93.4 Å². The van der Waals surface area contributed by atoms with Crippen LogP contribution in [0.4, 0.5) is 0 Å². The monoisotopic (exact) mass is 482 g/mol. The first-order chi connectivity index (χ1) is 17.7. The number of rotatable bonds is 5. The first-order valence-electron chi connectivity index (χ1n) is 12.9. The fraction of sp³-hybridized carbons (Fsp3) is 0.176. The summed E-state index contributed by atoms with van der Waals surface area (Å²) in [4.78, 5) is 0. The second-order valence-electron chi connectivity index (χ2n) is 11.1. The number of benzene rings is 6. The van der Waals surface area contributed by atoms with Crippen molar-refractivity contribution in [2.24, 2.45) is 0 Å². The number of hydrogen-bond acceptors (Lipinski definition) is 2. The van der Waals surface area contributed by atoms with Crippen LogP contribution in [0, 0.1) is 0 Å². The van der Waals surface area contributed by atoms with Crippen molar-refractivity contribution in [1.82, 2.24) is 0 Å². The molecule has 6 aromatic rings. The molecule has 3 heteroatoms. The predicted octanol–water partition coefficient (Wildman–Crippen LogP) is 7.51. The van der Waals surface area contributed by atoms with Gasteiger partial charge in [-0.2, -0.15) is 0 Å². The van der Waals surface area contributed by atoms with Gasteiger partial charge < -0.3 is 9.76 Å². The van der Waals surface area contributed by atoms with Crippen molar-refractivity contribution < 1.29 is 9.76 Å². The molecule has 0 aromatic heterocycles. The van der Waals surface area contributed by atoms with Crippen molar-refractivity contribution in [2.75, 3.05) is 0 Å². The SMILES string of the molecule is CC(C)(O)C(C)(C)OBc1cc2ccc(-c3cccc4ccccc34)cc2c2ccc3ccccc3c12. The van der Waals surface area contributed by atoms with Gasteiger partial charge in [-0.3, -0.25) is 0 Å². The minimum atomic E-state index is -0.963. The zero-order valence-electron chi connectivity index (χ0n) is 21.9. The van der Waals surface area contributed by atoms with Gasteiger partial charge in [0.15, 0.2) is 0 Å². The lowest BCUT2D eigenvalue weighted by Crippen LogP contribution is -2.49. The third-order valence-corrected chi connectivity index (χ3v) is 8.09. The third kappa shape index (κ3) is 4.09. The van der Waals surface area contributed by atoms with Crippen molar-refractivity contribution in [3.05, 3.63) is 103 Å². The summed E-state index contributed by atoms with van der Waals surface area (Å²) in [6, 6.07) is 37.1. The van der Waals surface area contributed by atoms with E-state index in [1.165, 1.54) is 54.2 Å². The van der Waals surface area contributed by atoms with Crippen molar-refractivity contribution >= 4 is 56.0 Å². The largest absolute Gasteiger partial charge is 0.427 e. The van der Waals surface area contributed by atoms with Crippen molar-refractivity contribution in [2.45, 2.75) is 38.9 Å². The Hall–Kier alpha value is -3.66. The summed E-state index contributed by atoms with van der Waals surface area (Å²) in [5.74, 6) is 0. The highest BCUT2D eigenvalue weighted by Gasteiger charge is 2.35. The molecule has 0 saturated heterocycles. The topological polar surface area (TPSA) is 29.5 Å². The molecule has 2 nitrogen and oxygen atoms in total. The average molecular weight is 482 g/mol. The molecular formula is C34H31BO2. The lowest BCUT2D eigenvalue weighted by molar-refractivity contribution is -0.0893. The molecule has 0 atom stereocenters. The van der Waals surface area contributed by atoms with Crippen LogP contribution in [-0.2, 0) is 4.65 Å². The molecule has 0 aliphatic heterocycles. The van der Waals surface area contributed by atoms with E-state index in [1.54, 1.807) is 13.8 Å². The van der Waals surface area contributed by atoms with Gasteiger partial charge in [0.2, 0.25) is 0 Å². The number of aliphatic hydroxyl groups is 1. The number of fused-ring (bicyclic) bond motifs is 6. The molecule has 0 bridgehead atoms. The van der Waals surface area contributed by atoms with E-state index >= 15 is 0 Å². The third-order valence-electron chi connectivity index (χ3n) is 8.09. The Balaban J connectivity index is 1.59. The molecule has 1 N–H and O–H groups in total. The molecule has 0 heterocycles. The molecule has 37 heavy (non-hydrogen) atoms. The van der Waals surface area contributed by atoms with Crippen LogP contribution in [0.1, 0.15) is 27.7 Å². The molecule has 0 unspecified atom stereocenters. The standard InChI is InChI=1S/C34H31BO2/c1-33(2,36)34(3,4)37-35-31-21-25-17-16-24(27-15-9-12-22-10-5-7-13-26(22)27)20-30(25)29-19-18-23-11-6-8-14-28(23)32(29)31/h5-21,35-36H,1-4H3. The highest BCUT2D eigenvalue weighted by molar-refractivity contribution is 6.54. The summed E-state index contributed by atoms with van der Waals surface area (Å²) in [5, 5.41) is 20.5. The molecule has 6 rings (SSSR count). The summed E-state index contributed by atoms with van der Waals surface area (Å²) in [6.45, 7) is 7.50. The normalized spacial score (nSPS) is 12.6. The van der Waals surface area contributed by atoms with Crippen LogP contribution < -0.4 is 5.46 Å². The second-order valence-corrected chi connectivity index (χ2v) is 11.1. The lowest BCUT2D eigenvalue weighted by atomic mass is 9.77. The van der Waals surface area contributed by atoms with Crippen LogP contribution in [0.25, 0.3) is 54.2 Å². The van der Waals surface area contributed by atoms with Gasteiger partial charge in [-0.25, -0.2) is 0 Å². The molecule has 182 valence electrons. The van der Waals surface area contributed by atoms with E-state index in [-0.39, 0.29) is 0 Å². The number of hydrogen-bond donors (Lipinski definition) is 1. The van der Waals surface area contributed by atoms with E-state index in [0.717, 1.165) is 5.46 Å². The fourth-order valence-corrected chi connectivity index (χ4v) is 5.21. The minimum absolute atomic E-state index is 0.419. The first kappa shape index (κ1) is 23.7. The van der Waals surface area contributed by atoms with Crippen LogP contribution in [0.5, 0.6) is 0 Å². The summed E-state index contributed by atoms with van der Waals surface area (Å²) in [5.41, 5.74) is 1.93. The van der Waals surface area contributed by atoms with Crippen LogP contribution in [-0.4, -0.2) is 23.8 Å². The molecule has 0 aliphatic carbocycles. The highest BCUT2D eigenvalue weighted by Crippen LogP contribution is 2.35. The molecule has 6 aromatic carbocycles. The zero-order chi connectivity index (χ0) is 25.8. The van der Waals surface area contributed by atoms with E-state index in [2.05, 4.69) is 103 Å². The summed E-state index contributed by atoms with van der Waals surface area (Å²) >= 11 is 0. The van der Waals surface area contributed by atoms with Gasteiger partial charge in [0.05, 0.1) is 11.2 Å². The van der Waals surface area contributed by atoms with Gasteiger partial charge in [-0.15, -0.1) is 0 Å². The quantitative estimate of drug-likeness (QED) is 0.204. The first-order valence-corrected chi connectivity index (χ1v) is 12.9. The zero-order valence-corrected chi connectivity index (χ0v) is 21.9. The molecule has 0 spiro atoms. The van der Waals surface area contributed by atoms with E-state index in [4.69, 9.17) is 4.65 Å². The Labute approximate surface area is 218 Å². The maximum absolute atomic E-state index is 10.7. The smallest absolute Gasteiger partial charge is 0.310 e. The molecule has 0 aliphatic rings. The van der Waals surface area contributed by atoms with Crippen LogP contribution >= 0.6 is 0 Å². The second kappa shape index (κ2) is 8.73. The van der Waals surface area contributed by atoms with E-state index in [0.29, 0.717) is 7.48 Å². The van der Waals surface area contributed by atoms with Crippen LogP contribution in [0.15, 0.2) is 103 Å². The fourth-order valence-electron chi connectivity index (χ4n) is 5.21. The molecule has 0 radical (unpaired) electrons. The maximum atomic E-state index is 10.7. The van der Waals surface area contributed by atoms with Crippen molar-refractivity contribution in [3.63, 3.8) is 0 Å². The van der Waals surface area contributed by atoms with Crippen molar-refractivity contribution in [3.8, 4) is 11.1 Å². The van der Waals surface area contributed by atoms with Crippen LogP contribution in [0.3, 0.4) is 0 Å². The Morgan fingerprint density at radius 3 is 2.00 bits per heavy atom. The van der Waals surface area contributed by atoms with E-state index in [1.807, 2.05) is 13.8 Å². The van der Waals surface area contributed by atoms with Gasteiger partial charge >= 0.3 is 7.48 Å². The van der Waals surface area contributed by atoms with Crippen molar-refractivity contribution in [1.29, 1.82) is 0 Å². The van der Waals surface area contributed by atoms with Gasteiger partial charge in [0, 0.05) is 0 Å². The Morgan fingerprint density at radius 1 is 0.595 bits per heavy atom. The molecule has 0 fully saturated rings. The van der Waals surface area contributed by atoms with Crippen LogP contribution in [0.2, 0.25) is 0 Å². The maximum Gasteiger partial charge on any atom is 0.310 e. The minimum Gasteiger partial charge on any atom is -0.427 e. The van der Waals surface area contributed by atoms with Gasteiger partial charge in [0.25, 0.3) is 0 Å².